The van der Waals surface area contributed by atoms with Gasteiger partial charge in [-0.25, -0.2) is 13.8 Å². The van der Waals surface area contributed by atoms with Crippen molar-refractivity contribution in [3.05, 3.63) is 53.1 Å². The van der Waals surface area contributed by atoms with Gasteiger partial charge in [-0.1, -0.05) is 6.08 Å². The average molecular weight is 261 g/mol. The molecule has 1 N–H and O–H groups in total. The molecule has 0 bridgehead atoms. The second-order valence-corrected chi connectivity index (χ2v) is 4.47. The lowest BCUT2D eigenvalue weighted by Gasteiger charge is -2.16. The Bertz CT molecular complexity index is 611. The Morgan fingerprint density at radius 2 is 1.95 bits per heavy atom. The highest BCUT2D eigenvalue weighted by Gasteiger charge is 2.11. The fourth-order valence-electron chi connectivity index (χ4n) is 2.21. The fraction of sp³-hybridized carbons (Fsp3) is 0.214. The van der Waals surface area contributed by atoms with Crippen molar-refractivity contribution in [2.24, 2.45) is 0 Å². The first-order chi connectivity index (χ1) is 9.22. The standard InChI is InChI=1S/C14H13F2N3/c15-11-5-10(6-12(16)7-11)1-2-14-18-9-13-8-17-3-4-19(13)14/h1-2,5-7,9,17H,3-4,8H2/b2-1+. The van der Waals surface area contributed by atoms with E-state index in [-0.39, 0.29) is 0 Å². The molecule has 0 fully saturated rings. The van der Waals surface area contributed by atoms with E-state index in [1.165, 1.54) is 12.1 Å². The minimum Gasteiger partial charge on any atom is -0.326 e. The van der Waals surface area contributed by atoms with E-state index in [0.717, 1.165) is 37.2 Å². The van der Waals surface area contributed by atoms with Crippen molar-refractivity contribution in [1.82, 2.24) is 14.9 Å². The van der Waals surface area contributed by atoms with Gasteiger partial charge in [-0.15, -0.1) is 0 Å². The van der Waals surface area contributed by atoms with E-state index < -0.39 is 11.6 Å². The van der Waals surface area contributed by atoms with Crippen LogP contribution >= 0.6 is 0 Å². The smallest absolute Gasteiger partial charge is 0.132 e. The van der Waals surface area contributed by atoms with Crippen LogP contribution in [0.2, 0.25) is 0 Å². The van der Waals surface area contributed by atoms with Crippen molar-refractivity contribution in [2.75, 3.05) is 6.54 Å². The monoisotopic (exact) mass is 261 g/mol. The van der Waals surface area contributed by atoms with E-state index in [0.29, 0.717) is 5.56 Å². The van der Waals surface area contributed by atoms with Crippen LogP contribution in [0.1, 0.15) is 17.1 Å². The molecule has 0 unspecified atom stereocenters. The summed E-state index contributed by atoms with van der Waals surface area (Å²) in [6, 6.07) is 3.45. The number of fused-ring (bicyclic) bond motifs is 1. The summed E-state index contributed by atoms with van der Waals surface area (Å²) in [5.41, 5.74) is 1.61. The Labute approximate surface area is 109 Å². The molecule has 0 radical (unpaired) electrons. The van der Waals surface area contributed by atoms with Gasteiger partial charge in [0.1, 0.15) is 17.5 Å². The van der Waals surface area contributed by atoms with E-state index in [2.05, 4.69) is 14.9 Å². The summed E-state index contributed by atoms with van der Waals surface area (Å²) < 4.78 is 28.2. The molecule has 3 rings (SSSR count). The molecule has 19 heavy (non-hydrogen) atoms. The Morgan fingerprint density at radius 1 is 1.16 bits per heavy atom. The molecule has 2 aromatic rings. The number of imidazole rings is 1. The molecule has 1 aliphatic heterocycles. The van der Waals surface area contributed by atoms with Crippen LogP contribution in [-0.4, -0.2) is 16.1 Å². The fourth-order valence-corrected chi connectivity index (χ4v) is 2.21. The third-order valence-corrected chi connectivity index (χ3v) is 3.10. The summed E-state index contributed by atoms with van der Waals surface area (Å²) in [6.45, 7) is 2.56. The number of hydrogen-bond acceptors (Lipinski definition) is 2. The zero-order chi connectivity index (χ0) is 13.2. The van der Waals surface area contributed by atoms with Gasteiger partial charge in [0.15, 0.2) is 0 Å². The molecule has 98 valence electrons. The molecule has 2 heterocycles. The number of benzene rings is 1. The molecule has 1 aromatic heterocycles. The Kier molecular flexibility index (Phi) is 3.13. The van der Waals surface area contributed by atoms with Gasteiger partial charge < -0.3 is 9.88 Å². The second kappa shape index (κ2) is 4.93. The number of aromatic nitrogens is 2. The van der Waals surface area contributed by atoms with Crippen LogP contribution in [-0.2, 0) is 13.1 Å². The van der Waals surface area contributed by atoms with Gasteiger partial charge in [-0.3, -0.25) is 0 Å². The molecular weight excluding hydrogens is 248 g/mol. The lowest BCUT2D eigenvalue weighted by molar-refractivity contribution is 0.513. The predicted octanol–water partition coefficient (Wildman–Crippen LogP) is 2.43. The molecule has 3 nitrogen and oxygen atoms in total. The van der Waals surface area contributed by atoms with Crippen molar-refractivity contribution in [1.29, 1.82) is 0 Å². The molecule has 0 amide bonds. The van der Waals surface area contributed by atoms with Crippen LogP contribution in [0.15, 0.2) is 24.4 Å². The van der Waals surface area contributed by atoms with Crippen LogP contribution in [0.5, 0.6) is 0 Å². The summed E-state index contributed by atoms with van der Waals surface area (Å²) in [5, 5.41) is 3.26. The maximum atomic E-state index is 13.1. The first kappa shape index (κ1) is 12.0. The molecule has 0 saturated heterocycles. The molecule has 0 atom stereocenters. The van der Waals surface area contributed by atoms with Gasteiger partial charge in [-0.2, -0.15) is 0 Å². The first-order valence-electron chi connectivity index (χ1n) is 6.12. The molecular formula is C14H13F2N3. The van der Waals surface area contributed by atoms with Crippen LogP contribution < -0.4 is 5.32 Å². The van der Waals surface area contributed by atoms with Gasteiger partial charge in [0, 0.05) is 25.7 Å². The van der Waals surface area contributed by atoms with Crippen molar-refractivity contribution in [3.8, 4) is 0 Å². The number of hydrogen-bond donors (Lipinski definition) is 1. The van der Waals surface area contributed by atoms with Gasteiger partial charge in [0.25, 0.3) is 0 Å². The van der Waals surface area contributed by atoms with Crippen molar-refractivity contribution in [2.45, 2.75) is 13.1 Å². The third kappa shape index (κ3) is 2.56. The van der Waals surface area contributed by atoms with E-state index in [1.54, 1.807) is 12.2 Å². The van der Waals surface area contributed by atoms with E-state index in [4.69, 9.17) is 0 Å². The van der Waals surface area contributed by atoms with Crippen LogP contribution in [0, 0.1) is 11.6 Å². The predicted molar refractivity (Wildman–Crippen MR) is 69.2 cm³/mol. The Hall–Kier alpha value is -2.01. The minimum absolute atomic E-state index is 0.490. The van der Waals surface area contributed by atoms with Crippen LogP contribution in [0.4, 0.5) is 8.78 Å². The lowest BCUT2D eigenvalue weighted by Crippen LogP contribution is -2.28. The normalized spacial score (nSPS) is 14.8. The average Bonchev–Trinajstić information content (AvgIpc) is 2.78. The Balaban J connectivity index is 1.88. The lowest BCUT2D eigenvalue weighted by atomic mass is 10.2. The number of nitrogens with one attached hydrogen (secondary N) is 1. The summed E-state index contributed by atoms with van der Waals surface area (Å²) in [7, 11) is 0. The number of nitrogens with zero attached hydrogens (tertiary/aromatic N) is 2. The van der Waals surface area contributed by atoms with Crippen molar-refractivity contribution in [3.63, 3.8) is 0 Å². The molecule has 5 heteroatoms. The molecule has 0 saturated carbocycles. The van der Waals surface area contributed by atoms with Gasteiger partial charge >= 0.3 is 0 Å². The van der Waals surface area contributed by atoms with Gasteiger partial charge in [0.05, 0.1) is 11.9 Å². The zero-order valence-corrected chi connectivity index (χ0v) is 10.2. The van der Waals surface area contributed by atoms with Gasteiger partial charge in [-0.05, 0) is 23.8 Å². The minimum atomic E-state index is -0.575. The van der Waals surface area contributed by atoms with Crippen molar-refractivity contribution >= 4 is 12.2 Å². The zero-order valence-electron chi connectivity index (χ0n) is 10.2. The first-order valence-corrected chi connectivity index (χ1v) is 6.12. The molecule has 1 aromatic carbocycles. The van der Waals surface area contributed by atoms with Crippen LogP contribution in [0.25, 0.3) is 12.2 Å². The number of rotatable bonds is 2. The number of halogens is 2. The van der Waals surface area contributed by atoms with E-state index in [9.17, 15) is 8.78 Å². The van der Waals surface area contributed by atoms with E-state index in [1.807, 2.05) is 6.20 Å². The highest BCUT2D eigenvalue weighted by atomic mass is 19.1. The van der Waals surface area contributed by atoms with E-state index >= 15 is 0 Å². The van der Waals surface area contributed by atoms with Gasteiger partial charge in [0.2, 0.25) is 0 Å². The van der Waals surface area contributed by atoms with Crippen LogP contribution in [0.3, 0.4) is 0 Å². The molecule has 0 spiro atoms. The summed E-state index contributed by atoms with van der Waals surface area (Å²) >= 11 is 0. The summed E-state index contributed by atoms with van der Waals surface area (Å²) in [5.74, 6) is -0.343. The second-order valence-electron chi connectivity index (χ2n) is 4.47. The largest absolute Gasteiger partial charge is 0.326 e. The van der Waals surface area contributed by atoms with Crippen molar-refractivity contribution < 1.29 is 8.78 Å². The quantitative estimate of drug-likeness (QED) is 0.899. The highest BCUT2D eigenvalue weighted by Crippen LogP contribution is 2.14. The SMILES string of the molecule is Fc1cc(F)cc(/C=C/c2ncc3n2CCNC3)c1. The summed E-state index contributed by atoms with van der Waals surface area (Å²) in [6.07, 6.45) is 5.27. The Morgan fingerprint density at radius 3 is 2.74 bits per heavy atom. The third-order valence-electron chi connectivity index (χ3n) is 3.10. The maximum absolute atomic E-state index is 13.1. The maximum Gasteiger partial charge on any atom is 0.132 e. The summed E-state index contributed by atoms with van der Waals surface area (Å²) in [4.78, 5) is 4.31. The molecule has 0 aliphatic carbocycles. The highest BCUT2D eigenvalue weighted by molar-refractivity contribution is 5.67. The topological polar surface area (TPSA) is 29.9 Å². The molecule has 1 aliphatic rings.